The van der Waals surface area contributed by atoms with E-state index in [0.717, 1.165) is 0 Å². The minimum Gasteiger partial charge on any atom is -0.461 e. The van der Waals surface area contributed by atoms with Crippen LogP contribution in [0.1, 0.15) is 0 Å². The normalized spacial score (nSPS) is 9.88. The number of nitrogens with zero attached hydrogens (tertiary/aromatic N) is 4. The molecule has 3 rings (SSSR count). The molecule has 0 saturated heterocycles. The zero-order valence-electron chi connectivity index (χ0n) is 13.3. The van der Waals surface area contributed by atoms with Gasteiger partial charge in [-0.15, -0.1) is 17.9 Å². The average molecular weight is 346 g/mol. The van der Waals surface area contributed by atoms with Crippen LogP contribution < -0.4 is 4.74 Å². The van der Waals surface area contributed by atoms with Crippen molar-refractivity contribution in [3.8, 4) is 6.01 Å². The Morgan fingerprint density at radius 1 is 1.25 bits per heavy atom. The molecule has 8 heteroatoms. The van der Waals surface area contributed by atoms with Crippen molar-refractivity contribution < 1.29 is 14.3 Å². The summed E-state index contributed by atoms with van der Waals surface area (Å²) >= 11 is 1.84. The second kappa shape index (κ2) is 9.41. The third-order valence-corrected chi connectivity index (χ3v) is 3.92. The molecular weight excluding hydrogens is 328 g/mol. The molecule has 2 bridgehead atoms. The van der Waals surface area contributed by atoms with E-state index in [1.807, 2.05) is 11.3 Å². The molecule has 0 aliphatic rings. The molecule has 0 N–H and O–H groups in total. The monoisotopic (exact) mass is 346 g/mol. The second-order valence-electron chi connectivity index (χ2n) is 4.55. The topological polar surface area (TPSA) is 77.4 Å². The molecule has 0 fully saturated rings. The van der Waals surface area contributed by atoms with Gasteiger partial charge in [0.25, 0.3) is 0 Å². The third kappa shape index (κ3) is 5.47. The van der Waals surface area contributed by atoms with E-state index in [1.165, 1.54) is 34.1 Å². The number of methoxy groups -OCH3 is 1. The maximum atomic E-state index is 11.3. The first-order chi connectivity index (χ1) is 11.7. The van der Waals surface area contributed by atoms with Gasteiger partial charge in [0.15, 0.2) is 0 Å². The Labute approximate surface area is 143 Å². The Hall–Kier alpha value is -2.74. The summed E-state index contributed by atoms with van der Waals surface area (Å²) in [5.41, 5.74) is 0. The highest BCUT2D eigenvalue weighted by atomic mass is 32.1. The molecule has 0 spiro atoms. The lowest BCUT2D eigenvalue weighted by molar-refractivity contribution is 0.119. The van der Waals surface area contributed by atoms with Crippen molar-refractivity contribution in [2.75, 3.05) is 26.8 Å². The third-order valence-electron chi connectivity index (χ3n) is 2.90. The second-order valence-corrected chi connectivity index (χ2v) is 5.69. The molecule has 0 saturated carbocycles. The fourth-order valence-corrected chi connectivity index (χ4v) is 2.62. The van der Waals surface area contributed by atoms with E-state index >= 15 is 0 Å². The number of benzene rings is 1. The molecule has 0 aromatic carbocycles. The first-order valence-electron chi connectivity index (χ1n) is 7.19. The molecule has 0 unspecified atom stereocenters. The minimum absolute atomic E-state index is 0.225. The molecule has 0 radical (unpaired) electrons. The molecule has 7 nitrogen and oxygen atoms in total. The summed E-state index contributed by atoms with van der Waals surface area (Å²) in [6.45, 7) is 4.59. The SMILES string of the molecule is C=CCN(CCOc1ncncn1)C(=O)OC.c1cc2ccc1s2. The van der Waals surface area contributed by atoms with Crippen molar-refractivity contribution >= 4 is 26.8 Å². The van der Waals surface area contributed by atoms with Crippen LogP contribution >= 0.6 is 11.3 Å². The van der Waals surface area contributed by atoms with E-state index in [1.54, 1.807) is 6.08 Å². The summed E-state index contributed by atoms with van der Waals surface area (Å²) < 4.78 is 12.6. The quantitative estimate of drug-likeness (QED) is 0.639. The molecular formula is C16H18N4O3S. The van der Waals surface area contributed by atoms with Gasteiger partial charge in [-0.25, -0.2) is 9.78 Å². The fraction of sp³-hybridized carbons (Fsp3) is 0.250. The molecule has 0 aliphatic heterocycles. The first-order valence-corrected chi connectivity index (χ1v) is 8.01. The Bertz CT molecular complexity index is 690. The summed E-state index contributed by atoms with van der Waals surface area (Å²) in [5, 5.41) is 0. The Balaban J connectivity index is 0.000000242. The summed E-state index contributed by atoms with van der Waals surface area (Å²) in [4.78, 5) is 24.0. The molecule has 1 amide bonds. The number of hydrogen-bond donors (Lipinski definition) is 0. The van der Waals surface area contributed by atoms with E-state index in [0.29, 0.717) is 13.1 Å². The van der Waals surface area contributed by atoms with Gasteiger partial charge in [0.2, 0.25) is 0 Å². The lowest BCUT2D eigenvalue weighted by atomic mass is 10.4. The highest BCUT2D eigenvalue weighted by molar-refractivity contribution is 7.24. The van der Waals surface area contributed by atoms with Crippen LogP contribution in [-0.2, 0) is 4.74 Å². The van der Waals surface area contributed by atoms with Crippen molar-refractivity contribution in [2.24, 2.45) is 0 Å². The van der Waals surface area contributed by atoms with Crippen LogP contribution in [0.4, 0.5) is 4.79 Å². The summed E-state index contributed by atoms with van der Waals surface area (Å²) in [5.74, 6) is 0. The number of carbonyl (C=O) groups is 1. The van der Waals surface area contributed by atoms with Gasteiger partial charge in [-0.3, -0.25) is 0 Å². The number of aromatic nitrogens is 3. The highest BCUT2D eigenvalue weighted by Gasteiger charge is 2.11. The van der Waals surface area contributed by atoms with Gasteiger partial charge in [-0.1, -0.05) is 6.08 Å². The van der Waals surface area contributed by atoms with Gasteiger partial charge >= 0.3 is 12.1 Å². The van der Waals surface area contributed by atoms with E-state index in [9.17, 15) is 4.79 Å². The zero-order chi connectivity index (χ0) is 17.2. The number of carbonyl (C=O) groups excluding carboxylic acids is 1. The maximum absolute atomic E-state index is 11.3. The fourth-order valence-electron chi connectivity index (χ4n) is 1.80. The van der Waals surface area contributed by atoms with Crippen molar-refractivity contribution in [3.05, 3.63) is 49.6 Å². The largest absolute Gasteiger partial charge is 0.461 e. The number of rotatable bonds is 6. The van der Waals surface area contributed by atoms with Crippen molar-refractivity contribution in [2.45, 2.75) is 0 Å². The Morgan fingerprint density at radius 3 is 2.33 bits per heavy atom. The predicted octanol–water partition coefficient (Wildman–Crippen LogP) is 2.84. The van der Waals surface area contributed by atoms with Crippen LogP contribution in [-0.4, -0.2) is 52.8 Å². The average Bonchev–Trinajstić information content (AvgIpc) is 3.27. The Kier molecular flexibility index (Phi) is 6.91. The van der Waals surface area contributed by atoms with Gasteiger partial charge in [-0.05, 0) is 24.3 Å². The molecule has 0 aliphatic carbocycles. The van der Waals surface area contributed by atoms with E-state index < -0.39 is 6.09 Å². The Morgan fingerprint density at radius 2 is 1.88 bits per heavy atom. The van der Waals surface area contributed by atoms with E-state index in [-0.39, 0.29) is 12.6 Å². The number of hydrogen-bond acceptors (Lipinski definition) is 7. The van der Waals surface area contributed by atoms with Gasteiger partial charge in [-0.2, -0.15) is 9.97 Å². The lowest BCUT2D eigenvalue weighted by Crippen LogP contribution is -2.34. The van der Waals surface area contributed by atoms with Crippen molar-refractivity contribution in [3.63, 3.8) is 0 Å². The summed E-state index contributed by atoms with van der Waals surface area (Å²) in [6.07, 6.45) is 3.86. The van der Waals surface area contributed by atoms with Crippen molar-refractivity contribution in [1.82, 2.24) is 19.9 Å². The molecule has 0 atom stereocenters. The van der Waals surface area contributed by atoms with Gasteiger partial charge in [0.1, 0.15) is 19.3 Å². The highest BCUT2D eigenvalue weighted by Crippen LogP contribution is 2.22. The maximum Gasteiger partial charge on any atom is 0.409 e. The minimum atomic E-state index is -0.427. The van der Waals surface area contributed by atoms with Crippen LogP contribution in [0.3, 0.4) is 0 Å². The molecule has 24 heavy (non-hydrogen) atoms. The van der Waals surface area contributed by atoms with Crippen molar-refractivity contribution in [1.29, 1.82) is 0 Å². The molecule has 3 aromatic heterocycles. The van der Waals surface area contributed by atoms with Crippen LogP contribution in [0, 0.1) is 0 Å². The number of fused-ring (bicyclic) bond motifs is 2. The zero-order valence-corrected chi connectivity index (χ0v) is 14.1. The van der Waals surface area contributed by atoms with Crippen LogP contribution in [0.5, 0.6) is 6.01 Å². The van der Waals surface area contributed by atoms with Crippen LogP contribution in [0.2, 0.25) is 0 Å². The van der Waals surface area contributed by atoms with Gasteiger partial charge in [0.05, 0.1) is 13.7 Å². The van der Waals surface area contributed by atoms with E-state index in [4.69, 9.17) is 4.74 Å². The van der Waals surface area contributed by atoms with Crippen LogP contribution in [0.15, 0.2) is 49.6 Å². The first kappa shape index (κ1) is 17.6. The van der Waals surface area contributed by atoms with Gasteiger partial charge < -0.3 is 14.4 Å². The molecule has 3 aromatic rings. The lowest BCUT2D eigenvalue weighted by Gasteiger charge is -2.18. The number of thiophene rings is 2. The predicted molar refractivity (Wildman–Crippen MR) is 92.5 cm³/mol. The van der Waals surface area contributed by atoms with Gasteiger partial charge in [0, 0.05) is 15.9 Å². The number of amides is 1. The number of ether oxygens (including phenoxy) is 2. The standard InChI is InChI=1S/C10H14N4O3.C6H4S/c1-3-4-14(10(15)16-2)5-6-17-9-12-7-11-8-13-9;1-2-6-4-3-5(1)7-6/h3,7-8H,1,4-6H2,2H3;1-4H. The smallest absolute Gasteiger partial charge is 0.409 e. The molecule has 3 heterocycles. The summed E-state index contributed by atoms with van der Waals surface area (Å²) in [7, 11) is 1.32. The van der Waals surface area contributed by atoms with E-state index in [2.05, 4.69) is 50.5 Å². The summed E-state index contributed by atoms with van der Waals surface area (Å²) in [6, 6.07) is 8.78. The van der Waals surface area contributed by atoms with Crippen LogP contribution in [0.25, 0.3) is 9.40 Å². The molecule has 126 valence electrons.